The van der Waals surface area contributed by atoms with E-state index < -0.39 is 0 Å². The molecule has 0 atom stereocenters. The van der Waals surface area contributed by atoms with Gasteiger partial charge in [-0.05, 0) is 136 Å². The number of hydrogen-bond acceptors (Lipinski definition) is 5. The average molecular weight is 917 g/mol. The Morgan fingerprint density at radius 3 is 1.30 bits per heavy atom. The number of aromatic nitrogens is 4. The molecule has 0 aliphatic carbocycles. The molecule has 16 rings (SSSR count). The van der Waals surface area contributed by atoms with Crippen LogP contribution in [0.3, 0.4) is 0 Å². The van der Waals surface area contributed by atoms with Gasteiger partial charge in [0.25, 0.3) is 0 Å². The van der Waals surface area contributed by atoms with Crippen LogP contribution in [0.4, 0.5) is 0 Å². The third-order valence-electron chi connectivity index (χ3n) is 15.1. The lowest BCUT2D eigenvalue weighted by molar-refractivity contribution is 1.38. The summed E-state index contributed by atoms with van der Waals surface area (Å²) in [6.45, 7) is 0. The van der Waals surface area contributed by atoms with Crippen LogP contribution in [0.2, 0.25) is 0 Å². The highest BCUT2D eigenvalue weighted by Crippen LogP contribution is 2.45. The number of rotatable bonds is 3. The summed E-state index contributed by atoms with van der Waals surface area (Å²) in [5.41, 5.74) is 10.2. The van der Waals surface area contributed by atoms with Crippen molar-refractivity contribution < 1.29 is 0 Å². The van der Waals surface area contributed by atoms with Crippen molar-refractivity contribution in [3.8, 4) is 33.6 Å². The van der Waals surface area contributed by atoms with Gasteiger partial charge >= 0.3 is 0 Å². The first-order chi connectivity index (χ1) is 35.2. The van der Waals surface area contributed by atoms with E-state index in [1.54, 1.807) is 0 Å². The minimum atomic E-state index is 0.928. The number of fused-ring (bicyclic) bond motifs is 22. The molecule has 0 aliphatic rings. The van der Waals surface area contributed by atoms with Crippen molar-refractivity contribution in [3.63, 3.8) is 0 Å². The lowest BCUT2D eigenvalue weighted by Crippen LogP contribution is -1.92. The molecule has 326 valence electrons. The highest BCUT2D eigenvalue weighted by Gasteiger charge is 2.19. The van der Waals surface area contributed by atoms with Crippen LogP contribution in [0.25, 0.3) is 162 Å². The average Bonchev–Trinajstić information content (AvgIpc) is 3.81. The summed E-state index contributed by atoms with van der Waals surface area (Å²) in [5.74, 6) is 0. The zero-order valence-corrected chi connectivity index (χ0v) is 38.8. The molecule has 0 amide bonds. The van der Waals surface area contributed by atoms with Crippen LogP contribution in [-0.4, -0.2) is 19.9 Å². The molecule has 0 N–H and O–H groups in total. The van der Waals surface area contributed by atoms with Gasteiger partial charge in [-0.3, -0.25) is 9.97 Å². The zero-order valence-electron chi connectivity index (χ0n) is 38.0. The van der Waals surface area contributed by atoms with Gasteiger partial charge in [0, 0.05) is 65.2 Å². The van der Waals surface area contributed by atoms with Crippen LogP contribution in [0.15, 0.2) is 219 Å². The molecule has 0 radical (unpaired) electrons. The summed E-state index contributed by atoms with van der Waals surface area (Å²) in [7, 11) is 0. The Morgan fingerprint density at radius 2 is 0.662 bits per heavy atom. The third-order valence-corrected chi connectivity index (χ3v) is 16.2. The van der Waals surface area contributed by atoms with Crippen molar-refractivity contribution in [3.05, 3.63) is 219 Å². The monoisotopic (exact) mass is 916 g/mol. The van der Waals surface area contributed by atoms with Gasteiger partial charge in [-0.1, -0.05) is 146 Å². The SMILES string of the molecule is c1ccc2c(-c3ccc4c5ccccc5c5cccnc5c4n3)ccc(-c3ccc4c(c3)sc3cc5c6ccc(-c7ccc8c9ccccc9c9cccnc9c8n7)cc6c6ccccc6c5cc34)c2c1. The maximum atomic E-state index is 5.38. The van der Waals surface area contributed by atoms with E-state index in [1.807, 2.05) is 35.9 Å². The number of thiophene rings is 1. The number of benzene rings is 11. The molecule has 16 aromatic rings. The second-order valence-corrected chi connectivity index (χ2v) is 19.9. The molecule has 5 heteroatoms. The van der Waals surface area contributed by atoms with Crippen LogP contribution in [0.1, 0.15) is 0 Å². The Bertz CT molecular complexity index is 4940. The Balaban J connectivity index is 0.826. The fraction of sp³-hybridized carbons (Fsp3) is 0. The summed E-state index contributed by atoms with van der Waals surface area (Å²) < 4.78 is 2.56. The van der Waals surface area contributed by atoms with Crippen LogP contribution in [-0.2, 0) is 0 Å². The Kier molecular flexibility index (Phi) is 8.01. The summed E-state index contributed by atoms with van der Waals surface area (Å²) in [6, 6.07) is 75.3. The molecule has 71 heavy (non-hydrogen) atoms. The maximum absolute atomic E-state index is 5.38. The molecule has 5 aromatic heterocycles. The van der Waals surface area contributed by atoms with Gasteiger partial charge < -0.3 is 0 Å². The van der Waals surface area contributed by atoms with E-state index in [0.29, 0.717) is 0 Å². The van der Waals surface area contributed by atoms with Crippen molar-refractivity contribution in [1.82, 2.24) is 19.9 Å². The van der Waals surface area contributed by atoms with E-state index in [2.05, 4.69) is 194 Å². The van der Waals surface area contributed by atoms with Crippen LogP contribution in [0, 0.1) is 0 Å². The van der Waals surface area contributed by atoms with E-state index in [9.17, 15) is 0 Å². The second-order valence-electron chi connectivity index (χ2n) is 18.8. The van der Waals surface area contributed by atoms with E-state index in [0.717, 1.165) is 66.1 Å². The van der Waals surface area contributed by atoms with Crippen molar-refractivity contribution in [2.24, 2.45) is 0 Å². The van der Waals surface area contributed by atoms with Crippen molar-refractivity contribution in [2.45, 2.75) is 0 Å². The first kappa shape index (κ1) is 38.8. The first-order valence-corrected chi connectivity index (χ1v) is 24.9. The molecule has 0 bridgehead atoms. The van der Waals surface area contributed by atoms with Gasteiger partial charge in [-0.25, -0.2) is 9.97 Å². The van der Waals surface area contributed by atoms with Crippen molar-refractivity contribution in [1.29, 1.82) is 0 Å². The molecular weight excluding hydrogens is 881 g/mol. The highest BCUT2D eigenvalue weighted by atomic mass is 32.1. The van der Waals surface area contributed by atoms with E-state index in [4.69, 9.17) is 19.9 Å². The summed E-state index contributed by atoms with van der Waals surface area (Å²) in [5, 5.41) is 21.7. The highest BCUT2D eigenvalue weighted by molar-refractivity contribution is 7.26. The minimum absolute atomic E-state index is 0.928. The topological polar surface area (TPSA) is 51.6 Å². The normalized spacial score (nSPS) is 12.2. The summed E-state index contributed by atoms with van der Waals surface area (Å²) in [6.07, 6.45) is 3.74. The molecule has 0 spiro atoms. The quantitative estimate of drug-likeness (QED) is 0.166. The van der Waals surface area contributed by atoms with Gasteiger partial charge in [0.15, 0.2) is 0 Å². The van der Waals surface area contributed by atoms with Gasteiger partial charge in [0.05, 0.1) is 33.5 Å². The Labute approximate surface area is 409 Å². The number of nitrogens with zero attached hydrogens (tertiary/aromatic N) is 4. The number of pyridine rings is 4. The second kappa shape index (κ2) is 14.7. The first-order valence-electron chi connectivity index (χ1n) is 24.1. The summed E-state index contributed by atoms with van der Waals surface area (Å²) >= 11 is 1.88. The smallest absolute Gasteiger partial charge is 0.0978 e. The molecule has 11 aromatic carbocycles. The van der Waals surface area contributed by atoms with Gasteiger partial charge in [-0.2, -0.15) is 0 Å². The van der Waals surface area contributed by atoms with Crippen LogP contribution < -0.4 is 0 Å². The minimum Gasteiger partial charge on any atom is -0.254 e. The zero-order chi connectivity index (χ0) is 46.3. The predicted molar refractivity (Wildman–Crippen MR) is 302 cm³/mol. The van der Waals surface area contributed by atoms with Gasteiger partial charge in [0.2, 0.25) is 0 Å². The van der Waals surface area contributed by atoms with E-state index in [-0.39, 0.29) is 0 Å². The maximum Gasteiger partial charge on any atom is 0.0978 e. The third kappa shape index (κ3) is 5.61. The molecule has 0 unspecified atom stereocenters. The van der Waals surface area contributed by atoms with Crippen molar-refractivity contribution in [2.75, 3.05) is 0 Å². The standard InChI is InChI=1S/C66H36N4S/c1-2-12-41-40(11-1)39(25-26-49(41)60-30-28-54-45-16-6-4-14-43(45)52-20-10-32-68-64(52)66(54)70-60)37-21-24-50-58-35-56-47-18-8-7-17-46(47)55-33-38(22-23-48(55)57(56)36-62(58)71-61(50)34-37)59-29-27-53-44-15-5-3-13-42(44)51-19-9-31-67-63(51)65(53)69-59/h1-36H. The Morgan fingerprint density at radius 1 is 0.239 bits per heavy atom. The Hall–Kier alpha value is -9.16. The molecule has 0 fully saturated rings. The van der Waals surface area contributed by atoms with Gasteiger partial charge in [0.1, 0.15) is 0 Å². The number of hydrogen-bond donors (Lipinski definition) is 0. The van der Waals surface area contributed by atoms with Crippen LogP contribution >= 0.6 is 11.3 Å². The van der Waals surface area contributed by atoms with Gasteiger partial charge in [-0.15, -0.1) is 11.3 Å². The molecule has 0 aliphatic heterocycles. The predicted octanol–water partition coefficient (Wildman–Crippen LogP) is 18.2. The fourth-order valence-corrected chi connectivity index (χ4v) is 13.0. The summed E-state index contributed by atoms with van der Waals surface area (Å²) in [4.78, 5) is 20.5. The van der Waals surface area contributed by atoms with E-state index in [1.165, 1.54) is 95.9 Å². The molecule has 0 saturated carbocycles. The van der Waals surface area contributed by atoms with E-state index >= 15 is 0 Å². The fourth-order valence-electron chi connectivity index (χ4n) is 11.9. The lowest BCUT2D eigenvalue weighted by Gasteiger charge is -2.14. The largest absolute Gasteiger partial charge is 0.254 e. The van der Waals surface area contributed by atoms with Crippen LogP contribution in [0.5, 0.6) is 0 Å². The molecule has 4 nitrogen and oxygen atoms in total. The van der Waals surface area contributed by atoms with Crippen molar-refractivity contribution >= 4 is 140 Å². The molecular formula is C66H36N4S. The molecule has 5 heterocycles. The lowest BCUT2D eigenvalue weighted by atomic mass is 9.91. The molecule has 0 saturated heterocycles.